The highest BCUT2D eigenvalue weighted by atomic mass is 35.5. The summed E-state index contributed by atoms with van der Waals surface area (Å²) in [6, 6.07) is 10.3. The molecular weight excluding hydrogens is 271 g/mol. The Kier molecular flexibility index (Phi) is 4.18. The summed E-state index contributed by atoms with van der Waals surface area (Å²) >= 11 is 11.8. The Morgan fingerprint density at radius 2 is 2.06 bits per heavy atom. The first-order valence-electron chi connectivity index (χ1n) is 5.30. The van der Waals surface area contributed by atoms with Crippen molar-refractivity contribution in [2.24, 2.45) is 0 Å². The number of rotatable bonds is 3. The van der Waals surface area contributed by atoms with Crippen molar-refractivity contribution in [3.8, 4) is 0 Å². The van der Waals surface area contributed by atoms with Gasteiger partial charge in [-0.3, -0.25) is 9.78 Å². The lowest BCUT2D eigenvalue weighted by atomic mass is 10.2. The maximum absolute atomic E-state index is 11.9. The minimum atomic E-state index is -0.270. The molecule has 1 heterocycles. The number of hydrogen-bond donors (Lipinski definition) is 1. The van der Waals surface area contributed by atoms with Gasteiger partial charge in [-0.2, -0.15) is 0 Å². The topological polar surface area (TPSA) is 42.0 Å². The zero-order chi connectivity index (χ0) is 13.0. The zero-order valence-corrected chi connectivity index (χ0v) is 10.9. The molecule has 92 valence electrons. The summed E-state index contributed by atoms with van der Waals surface area (Å²) < 4.78 is 0. The second kappa shape index (κ2) is 5.85. The third kappa shape index (κ3) is 3.22. The van der Waals surface area contributed by atoms with E-state index in [0.717, 1.165) is 5.69 Å². The van der Waals surface area contributed by atoms with Crippen molar-refractivity contribution in [3.05, 3.63) is 63.9 Å². The molecule has 18 heavy (non-hydrogen) atoms. The van der Waals surface area contributed by atoms with E-state index in [9.17, 15) is 4.79 Å². The third-order valence-electron chi connectivity index (χ3n) is 2.33. The second-order valence-electron chi connectivity index (χ2n) is 3.63. The van der Waals surface area contributed by atoms with Gasteiger partial charge in [0.05, 0.1) is 22.8 Å². The molecule has 3 nitrogen and oxygen atoms in total. The lowest BCUT2D eigenvalue weighted by molar-refractivity contribution is 0.0950. The van der Waals surface area contributed by atoms with Crippen LogP contribution >= 0.6 is 23.2 Å². The molecule has 0 fully saturated rings. The number of pyridine rings is 1. The van der Waals surface area contributed by atoms with Gasteiger partial charge in [-0.05, 0) is 30.3 Å². The van der Waals surface area contributed by atoms with Crippen LogP contribution in [0.5, 0.6) is 0 Å². The largest absolute Gasteiger partial charge is 0.346 e. The van der Waals surface area contributed by atoms with Gasteiger partial charge in [0.15, 0.2) is 0 Å². The molecule has 0 atom stereocenters. The summed E-state index contributed by atoms with van der Waals surface area (Å²) in [5.74, 6) is -0.270. The normalized spacial score (nSPS) is 10.1. The predicted octanol–water partition coefficient (Wildman–Crippen LogP) is 3.32. The summed E-state index contributed by atoms with van der Waals surface area (Å²) in [5.41, 5.74) is 1.14. The van der Waals surface area contributed by atoms with Crippen LogP contribution in [-0.4, -0.2) is 10.9 Å². The lowest BCUT2D eigenvalue weighted by Crippen LogP contribution is -2.23. The van der Waals surface area contributed by atoms with E-state index in [0.29, 0.717) is 22.2 Å². The molecule has 0 unspecified atom stereocenters. The molecule has 0 spiro atoms. The van der Waals surface area contributed by atoms with Crippen molar-refractivity contribution in [1.29, 1.82) is 0 Å². The van der Waals surface area contributed by atoms with Crippen LogP contribution in [0.25, 0.3) is 0 Å². The third-order valence-corrected chi connectivity index (χ3v) is 2.89. The molecule has 2 aromatic rings. The molecule has 5 heteroatoms. The quantitative estimate of drug-likeness (QED) is 0.937. The minimum Gasteiger partial charge on any atom is -0.346 e. The summed E-state index contributed by atoms with van der Waals surface area (Å²) in [6.07, 6.45) is 1.67. The molecular formula is C13H10Cl2N2O. The monoisotopic (exact) mass is 280 g/mol. The van der Waals surface area contributed by atoms with Crippen molar-refractivity contribution in [2.45, 2.75) is 6.54 Å². The van der Waals surface area contributed by atoms with E-state index in [-0.39, 0.29) is 5.91 Å². The molecule has 1 N–H and O–H groups in total. The number of nitrogens with zero attached hydrogens (tertiary/aromatic N) is 1. The number of halogens is 2. The van der Waals surface area contributed by atoms with Gasteiger partial charge in [0, 0.05) is 11.2 Å². The summed E-state index contributed by atoms with van der Waals surface area (Å²) in [5, 5.41) is 3.59. The van der Waals surface area contributed by atoms with E-state index in [1.54, 1.807) is 18.3 Å². The minimum absolute atomic E-state index is 0.270. The van der Waals surface area contributed by atoms with Gasteiger partial charge >= 0.3 is 0 Å². The fourth-order valence-electron chi connectivity index (χ4n) is 1.44. The standard InChI is InChI=1S/C13H10Cl2N2O/c14-9-4-5-12(15)11(7-9)13(18)17-8-10-3-1-2-6-16-10/h1-7H,8H2,(H,17,18). The number of nitrogens with one attached hydrogen (secondary N) is 1. The molecule has 1 aromatic carbocycles. The molecule has 0 aliphatic carbocycles. The number of carbonyl (C=O) groups excluding carboxylic acids is 1. The van der Waals surface area contributed by atoms with Crippen LogP contribution in [0.3, 0.4) is 0 Å². The smallest absolute Gasteiger partial charge is 0.253 e. The van der Waals surface area contributed by atoms with E-state index >= 15 is 0 Å². The Labute approximate surface area is 115 Å². The Hall–Kier alpha value is -1.58. The SMILES string of the molecule is O=C(NCc1ccccn1)c1cc(Cl)ccc1Cl. The van der Waals surface area contributed by atoms with Gasteiger partial charge in [0.2, 0.25) is 0 Å². The molecule has 0 aliphatic heterocycles. The van der Waals surface area contributed by atoms with Gasteiger partial charge in [-0.1, -0.05) is 29.3 Å². The van der Waals surface area contributed by atoms with E-state index in [4.69, 9.17) is 23.2 Å². The van der Waals surface area contributed by atoms with Crippen LogP contribution in [0.2, 0.25) is 10.0 Å². The fourth-order valence-corrected chi connectivity index (χ4v) is 1.82. The van der Waals surface area contributed by atoms with Gasteiger partial charge in [-0.15, -0.1) is 0 Å². The van der Waals surface area contributed by atoms with E-state index in [1.165, 1.54) is 6.07 Å². The number of hydrogen-bond acceptors (Lipinski definition) is 2. The van der Waals surface area contributed by atoms with Crippen molar-refractivity contribution < 1.29 is 4.79 Å². The maximum Gasteiger partial charge on any atom is 0.253 e. The van der Waals surface area contributed by atoms with E-state index in [1.807, 2.05) is 18.2 Å². The van der Waals surface area contributed by atoms with Crippen LogP contribution in [0, 0.1) is 0 Å². The number of carbonyl (C=O) groups is 1. The van der Waals surface area contributed by atoms with Crippen molar-refractivity contribution >= 4 is 29.1 Å². The van der Waals surface area contributed by atoms with Gasteiger partial charge in [-0.25, -0.2) is 0 Å². The maximum atomic E-state index is 11.9. The molecule has 0 saturated carbocycles. The second-order valence-corrected chi connectivity index (χ2v) is 4.47. The van der Waals surface area contributed by atoms with E-state index < -0.39 is 0 Å². The Bertz CT molecular complexity index is 558. The lowest BCUT2D eigenvalue weighted by Gasteiger charge is -2.06. The first kappa shape index (κ1) is 12.9. The number of benzene rings is 1. The Balaban J connectivity index is 2.06. The highest BCUT2D eigenvalue weighted by Gasteiger charge is 2.10. The molecule has 0 radical (unpaired) electrons. The molecule has 1 aromatic heterocycles. The molecule has 0 bridgehead atoms. The van der Waals surface area contributed by atoms with Crippen LogP contribution in [0.15, 0.2) is 42.6 Å². The van der Waals surface area contributed by atoms with Crippen molar-refractivity contribution in [2.75, 3.05) is 0 Å². The fraction of sp³-hybridized carbons (Fsp3) is 0.0769. The summed E-state index contributed by atoms with van der Waals surface area (Å²) in [7, 11) is 0. The van der Waals surface area contributed by atoms with E-state index in [2.05, 4.69) is 10.3 Å². The molecule has 0 saturated heterocycles. The number of aromatic nitrogens is 1. The first-order chi connectivity index (χ1) is 8.66. The van der Waals surface area contributed by atoms with Crippen LogP contribution < -0.4 is 5.32 Å². The van der Waals surface area contributed by atoms with Gasteiger partial charge in [0.25, 0.3) is 5.91 Å². The Morgan fingerprint density at radius 1 is 1.22 bits per heavy atom. The average molecular weight is 281 g/mol. The summed E-state index contributed by atoms with van der Waals surface area (Å²) in [4.78, 5) is 16.0. The summed E-state index contributed by atoms with van der Waals surface area (Å²) in [6.45, 7) is 0.350. The van der Waals surface area contributed by atoms with Crippen molar-refractivity contribution in [1.82, 2.24) is 10.3 Å². The predicted molar refractivity (Wildman–Crippen MR) is 71.9 cm³/mol. The number of amides is 1. The zero-order valence-electron chi connectivity index (χ0n) is 9.36. The van der Waals surface area contributed by atoms with Gasteiger partial charge < -0.3 is 5.32 Å². The highest BCUT2D eigenvalue weighted by molar-refractivity contribution is 6.35. The first-order valence-corrected chi connectivity index (χ1v) is 6.05. The van der Waals surface area contributed by atoms with Crippen LogP contribution in [-0.2, 0) is 6.54 Å². The highest BCUT2D eigenvalue weighted by Crippen LogP contribution is 2.20. The van der Waals surface area contributed by atoms with Crippen LogP contribution in [0.1, 0.15) is 16.1 Å². The molecule has 1 amide bonds. The average Bonchev–Trinajstić information content (AvgIpc) is 2.40. The van der Waals surface area contributed by atoms with Crippen LogP contribution in [0.4, 0.5) is 0 Å². The Morgan fingerprint density at radius 3 is 2.78 bits per heavy atom. The van der Waals surface area contributed by atoms with Gasteiger partial charge in [0.1, 0.15) is 0 Å². The molecule has 2 rings (SSSR count). The molecule has 0 aliphatic rings. The van der Waals surface area contributed by atoms with Crippen molar-refractivity contribution in [3.63, 3.8) is 0 Å².